The third-order valence-electron chi connectivity index (χ3n) is 3.79. The van der Waals surface area contributed by atoms with Crippen LogP contribution in [0.25, 0.3) is 22.9 Å². The molecule has 0 aliphatic rings. The third kappa shape index (κ3) is 4.12. The molecule has 3 rings (SSSR count). The normalized spacial score (nSPS) is 10.9. The minimum absolute atomic E-state index is 0.0777. The minimum atomic E-state index is -0.0777. The Bertz CT molecular complexity index is 849. The quantitative estimate of drug-likeness (QED) is 0.762. The predicted molar refractivity (Wildman–Crippen MR) is 97.1 cm³/mol. The summed E-state index contributed by atoms with van der Waals surface area (Å²) in [6, 6.07) is 15.1. The average molecular weight is 335 g/mol. The van der Waals surface area contributed by atoms with Gasteiger partial charge in [0.15, 0.2) is 0 Å². The molecule has 0 spiro atoms. The van der Waals surface area contributed by atoms with Crippen LogP contribution in [0.2, 0.25) is 0 Å². The molecule has 1 heterocycles. The molecule has 0 radical (unpaired) electrons. The van der Waals surface area contributed by atoms with Gasteiger partial charge in [-0.3, -0.25) is 4.79 Å². The van der Waals surface area contributed by atoms with Crippen LogP contribution in [0, 0.1) is 12.8 Å². The number of benzene rings is 2. The van der Waals surface area contributed by atoms with E-state index in [1.807, 2.05) is 43.3 Å². The van der Waals surface area contributed by atoms with Crippen molar-refractivity contribution in [1.29, 1.82) is 0 Å². The summed E-state index contributed by atoms with van der Waals surface area (Å²) in [6.45, 7) is 6.81. The Kier molecular flexibility index (Phi) is 4.93. The van der Waals surface area contributed by atoms with Gasteiger partial charge in [0.25, 0.3) is 5.91 Å². The van der Waals surface area contributed by atoms with Crippen LogP contribution in [-0.4, -0.2) is 22.6 Å². The van der Waals surface area contributed by atoms with Crippen LogP contribution in [0.1, 0.15) is 29.8 Å². The summed E-state index contributed by atoms with van der Waals surface area (Å²) in [4.78, 5) is 12.1. The molecular weight excluding hydrogens is 314 g/mol. The molecule has 25 heavy (non-hydrogen) atoms. The van der Waals surface area contributed by atoms with E-state index in [0.29, 0.717) is 29.8 Å². The van der Waals surface area contributed by atoms with Gasteiger partial charge in [0.05, 0.1) is 0 Å². The van der Waals surface area contributed by atoms with Crippen molar-refractivity contribution < 1.29 is 9.21 Å². The highest BCUT2D eigenvalue weighted by Gasteiger charge is 2.12. The Morgan fingerprint density at radius 1 is 0.960 bits per heavy atom. The summed E-state index contributed by atoms with van der Waals surface area (Å²) in [5, 5.41) is 11.1. The standard InChI is InChI=1S/C20H21N3O2/c1-13(2)12-21-18(24)15-8-10-17(11-9-15)20-23-22-19(25-20)16-6-4-14(3)5-7-16/h4-11,13H,12H2,1-3H3,(H,21,24). The Morgan fingerprint density at radius 3 is 2.00 bits per heavy atom. The average Bonchev–Trinajstić information content (AvgIpc) is 3.10. The maximum Gasteiger partial charge on any atom is 0.251 e. The zero-order valence-electron chi connectivity index (χ0n) is 14.6. The van der Waals surface area contributed by atoms with Gasteiger partial charge in [-0.1, -0.05) is 31.5 Å². The number of nitrogens with one attached hydrogen (secondary N) is 1. The van der Waals surface area contributed by atoms with Crippen LogP contribution >= 0.6 is 0 Å². The van der Waals surface area contributed by atoms with Crippen molar-refractivity contribution in [3.8, 4) is 22.9 Å². The molecule has 5 nitrogen and oxygen atoms in total. The molecule has 1 aromatic heterocycles. The molecule has 1 amide bonds. The van der Waals surface area contributed by atoms with Crippen LogP contribution in [0.3, 0.4) is 0 Å². The number of aromatic nitrogens is 2. The van der Waals surface area contributed by atoms with Crippen molar-refractivity contribution in [2.45, 2.75) is 20.8 Å². The lowest BCUT2D eigenvalue weighted by atomic mass is 10.1. The largest absolute Gasteiger partial charge is 0.416 e. The fourth-order valence-corrected chi connectivity index (χ4v) is 2.32. The predicted octanol–water partition coefficient (Wildman–Crippen LogP) is 4.10. The van der Waals surface area contributed by atoms with E-state index >= 15 is 0 Å². The zero-order valence-corrected chi connectivity index (χ0v) is 14.6. The van der Waals surface area contributed by atoms with E-state index in [1.165, 1.54) is 5.56 Å². The molecule has 0 aliphatic carbocycles. The van der Waals surface area contributed by atoms with E-state index in [1.54, 1.807) is 12.1 Å². The van der Waals surface area contributed by atoms with Gasteiger partial charge in [0.1, 0.15) is 0 Å². The Morgan fingerprint density at radius 2 is 1.48 bits per heavy atom. The van der Waals surface area contributed by atoms with Crippen molar-refractivity contribution in [2.24, 2.45) is 5.92 Å². The maximum atomic E-state index is 12.1. The smallest absolute Gasteiger partial charge is 0.251 e. The summed E-state index contributed by atoms with van der Waals surface area (Å²) in [5.41, 5.74) is 3.46. The maximum absolute atomic E-state index is 12.1. The summed E-state index contributed by atoms with van der Waals surface area (Å²) < 4.78 is 5.75. The molecule has 5 heteroatoms. The van der Waals surface area contributed by atoms with Gasteiger partial charge < -0.3 is 9.73 Å². The number of hydrogen-bond acceptors (Lipinski definition) is 4. The second-order valence-corrected chi connectivity index (χ2v) is 6.46. The molecule has 0 bridgehead atoms. The molecule has 0 unspecified atom stereocenters. The van der Waals surface area contributed by atoms with Gasteiger partial charge in [0, 0.05) is 23.2 Å². The second kappa shape index (κ2) is 7.30. The van der Waals surface area contributed by atoms with Gasteiger partial charge in [-0.15, -0.1) is 10.2 Å². The van der Waals surface area contributed by atoms with E-state index in [4.69, 9.17) is 4.42 Å². The molecule has 2 aromatic carbocycles. The first-order valence-corrected chi connectivity index (χ1v) is 8.32. The van der Waals surface area contributed by atoms with Crippen LogP contribution in [0.15, 0.2) is 52.9 Å². The molecule has 0 saturated carbocycles. The number of amides is 1. The second-order valence-electron chi connectivity index (χ2n) is 6.46. The number of rotatable bonds is 5. The Balaban J connectivity index is 1.74. The van der Waals surface area contributed by atoms with Crippen LogP contribution < -0.4 is 5.32 Å². The monoisotopic (exact) mass is 335 g/mol. The van der Waals surface area contributed by atoms with E-state index in [-0.39, 0.29) is 5.91 Å². The van der Waals surface area contributed by atoms with Crippen molar-refractivity contribution >= 4 is 5.91 Å². The number of nitrogens with zero attached hydrogens (tertiary/aromatic N) is 2. The topological polar surface area (TPSA) is 68.0 Å². The molecule has 1 N–H and O–H groups in total. The van der Waals surface area contributed by atoms with E-state index in [2.05, 4.69) is 29.4 Å². The van der Waals surface area contributed by atoms with Gasteiger partial charge in [0.2, 0.25) is 11.8 Å². The highest BCUT2D eigenvalue weighted by molar-refractivity contribution is 5.94. The van der Waals surface area contributed by atoms with Crippen LogP contribution in [0.4, 0.5) is 0 Å². The number of carbonyl (C=O) groups excluding carboxylic acids is 1. The van der Waals surface area contributed by atoms with Gasteiger partial charge >= 0.3 is 0 Å². The first-order chi connectivity index (χ1) is 12.0. The van der Waals surface area contributed by atoms with Crippen LogP contribution in [-0.2, 0) is 0 Å². The third-order valence-corrected chi connectivity index (χ3v) is 3.79. The van der Waals surface area contributed by atoms with Crippen molar-refractivity contribution in [1.82, 2.24) is 15.5 Å². The van der Waals surface area contributed by atoms with Crippen LogP contribution in [0.5, 0.6) is 0 Å². The fraction of sp³-hybridized carbons (Fsp3) is 0.250. The fourth-order valence-electron chi connectivity index (χ4n) is 2.32. The lowest BCUT2D eigenvalue weighted by molar-refractivity contribution is 0.0949. The lowest BCUT2D eigenvalue weighted by Crippen LogP contribution is -2.27. The first kappa shape index (κ1) is 16.9. The summed E-state index contributed by atoms with van der Waals surface area (Å²) in [6.07, 6.45) is 0. The molecule has 0 saturated heterocycles. The molecule has 128 valence electrons. The van der Waals surface area contributed by atoms with Crippen molar-refractivity contribution in [3.63, 3.8) is 0 Å². The van der Waals surface area contributed by atoms with E-state index in [9.17, 15) is 4.79 Å². The summed E-state index contributed by atoms with van der Waals surface area (Å²) in [7, 11) is 0. The molecule has 0 fully saturated rings. The SMILES string of the molecule is Cc1ccc(-c2nnc(-c3ccc(C(=O)NCC(C)C)cc3)o2)cc1. The van der Waals surface area contributed by atoms with Gasteiger partial charge in [-0.2, -0.15) is 0 Å². The van der Waals surface area contributed by atoms with Crippen molar-refractivity contribution in [2.75, 3.05) is 6.54 Å². The minimum Gasteiger partial charge on any atom is -0.416 e. The summed E-state index contributed by atoms with van der Waals surface area (Å²) >= 11 is 0. The van der Waals surface area contributed by atoms with Crippen molar-refractivity contribution in [3.05, 3.63) is 59.7 Å². The highest BCUT2D eigenvalue weighted by atomic mass is 16.4. The number of hydrogen-bond donors (Lipinski definition) is 1. The number of aryl methyl sites for hydroxylation is 1. The lowest BCUT2D eigenvalue weighted by Gasteiger charge is -2.07. The summed E-state index contributed by atoms with van der Waals surface area (Å²) in [5.74, 6) is 1.26. The zero-order chi connectivity index (χ0) is 17.8. The highest BCUT2D eigenvalue weighted by Crippen LogP contribution is 2.24. The number of carbonyl (C=O) groups is 1. The first-order valence-electron chi connectivity index (χ1n) is 8.32. The molecular formula is C20H21N3O2. The van der Waals surface area contributed by atoms with Gasteiger partial charge in [-0.05, 0) is 49.2 Å². The Labute approximate surface area is 147 Å². The molecule has 3 aromatic rings. The molecule has 0 atom stereocenters. The van der Waals surface area contributed by atoms with Gasteiger partial charge in [-0.25, -0.2) is 0 Å². The van der Waals surface area contributed by atoms with E-state index < -0.39 is 0 Å². The molecule has 0 aliphatic heterocycles. The Hall–Kier alpha value is -2.95. The van der Waals surface area contributed by atoms with E-state index in [0.717, 1.165) is 11.1 Å².